The average molecular weight is 364 g/mol. The second-order valence-electron chi connectivity index (χ2n) is 5.25. The van der Waals surface area contributed by atoms with Gasteiger partial charge in [-0.2, -0.15) is 18.3 Å². The molecule has 0 aliphatic rings. The first-order valence-electron chi connectivity index (χ1n) is 7.38. The fourth-order valence-corrected chi connectivity index (χ4v) is 2.82. The van der Waals surface area contributed by atoms with E-state index in [9.17, 15) is 13.2 Å². The van der Waals surface area contributed by atoms with Crippen molar-refractivity contribution in [2.24, 2.45) is 0 Å². The van der Waals surface area contributed by atoms with E-state index in [1.54, 1.807) is 48.2 Å². The molecule has 0 amide bonds. The first kappa shape index (κ1) is 17.4. The highest BCUT2D eigenvalue weighted by Gasteiger charge is 2.35. The van der Waals surface area contributed by atoms with Crippen molar-refractivity contribution in [3.63, 3.8) is 0 Å². The summed E-state index contributed by atoms with van der Waals surface area (Å²) < 4.78 is 45.8. The minimum atomic E-state index is -4.51. The largest absolute Gasteiger partial charge is 0.497 e. The van der Waals surface area contributed by atoms with Crippen LogP contribution in [0.25, 0.3) is 16.9 Å². The van der Waals surface area contributed by atoms with Crippen LogP contribution < -0.4 is 4.74 Å². The Kier molecular flexibility index (Phi) is 4.76. The summed E-state index contributed by atoms with van der Waals surface area (Å²) in [5.41, 5.74) is 0.647. The summed E-state index contributed by atoms with van der Waals surface area (Å²) in [6.07, 6.45) is -2.57. The third kappa shape index (κ3) is 3.66. The molecule has 7 heteroatoms. The van der Waals surface area contributed by atoms with E-state index in [-0.39, 0.29) is 0 Å². The topological polar surface area (TPSA) is 27.1 Å². The van der Waals surface area contributed by atoms with Gasteiger partial charge in [0.25, 0.3) is 0 Å². The minimum Gasteiger partial charge on any atom is -0.497 e. The van der Waals surface area contributed by atoms with Crippen molar-refractivity contribution in [3.05, 3.63) is 60.3 Å². The highest BCUT2D eigenvalue weighted by atomic mass is 32.2. The Hall–Kier alpha value is -2.41. The van der Waals surface area contributed by atoms with Crippen molar-refractivity contribution in [1.29, 1.82) is 0 Å². The fourth-order valence-electron chi connectivity index (χ4n) is 2.41. The number of rotatable bonds is 4. The Bertz CT molecular complexity index is 791. The Morgan fingerprint density at radius 1 is 1.00 bits per heavy atom. The van der Waals surface area contributed by atoms with Gasteiger partial charge in [-0.05, 0) is 48.7 Å². The summed E-state index contributed by atoms with van der Waals surface area (Å²) >= 11 is 1.57. The number of aromatic nitrogens is 2. The lowest BCUT2D eigenvalue weighted by Crippen LogP contribution is -2.07. The SMILES string of the molecule is COc1ccc(-n2nc(C(F)(F)F)cc2-c2ccc(SC)cc2)cc1. The zero-order valence-electron chi connectivity index (χ0n) is 13.5. The summed E-state index contributed by atoms with van der Waals surface area (Å²) in [6.45, 7) is 0. The number of alkyl halides is 3. The molecule has 2 aromatic carbocycles. The molecule has 0 aliphatic heterocycles. The van der Waals surface area contributed by atoms with Crippen LogP contribution in [0.3, 0.4) is 0 Å². The maximum atomic E-state index is 13.2. The second-order valence-corrected chi connectivity index (χ2v) is 6.13. The van der Waals surface area contributed by atoms with Crippen LogP contribution in [0.2, 0.25) is 0 Å². The molecule has 3 rings (SSSR count). The fraction of sp³-hybridized carbons (Fsp3) is 0.167. The number of benzene rings is 2. The van der Waals surface area contributed by atoms with Gasteiger partial charge in [-0.1, -0.05) is 12.1 Å². The molecule has 0 aliphatic carbocycles. The summed E-state index contributed by atoms with van der Waals surface area (Å²) in [5, 5.41) is 3.77. The first-order chi connectivity index (χ1) is 11.9. The molecule has 25 heavy (non-hydrogen) atoms. The van der Waals surface area contributed by atoms with Crippen LogP contribution in [0, 0.1) is 0 Å². The number of hydrogen-bond donors (Lipinski definition) is 0. The van der Waals surface area contributed by atoms with E-state index >= 15 is 0 Å². The van der Waals surface area contributed by atoms with Crippen LogP contribution >= 0.6 is 11.8 Å². The molecule has 0 saturated heterocycles. The zero-order chi connectivity index (χ0) is 18.0. The highest BCUT2D eigenvalue weighted by Crippen LogP contribution is 2.34. The molecule has 0 N–H and O–H groups in total. The van der Waals surface area contributed by atoms with E-state index in [4.69, 9.17) is 4.74 Å². The number of hydrogen-bond acceptors (Lipinski definition) is 3. The van der Waals surface area contributed by atoms with Crippen LogP contribution in [0.1, 0.15) is 5.69 Å². The van der Waals surface area contributed by atoms with Crippen LogP contribution in [-0.2, 0) is 6.18 Å². The maximum absolute atomic E-state index is 13.2. The Labute approximate surface area is 147 Å². The highest BCUT2D eigenvalue weighted by molar-refractivity contribution is 7.98. The van der Waals surface area contributed by atoms with E-state index in [0.29, 0.717) is 22.7 Å². The van der Waals surface area contributed by atoms with E-state index in [1.807, 2.05) is 18.4 Å². The van der Waals surface area contributed by atoms with Gasteiger partial charge in [-0.15, -0.1) is 11.8 Å². The van der Waals surface area contributed by atoms with Crippen molar-refractivity contribution in [1.82, 2.24) is 9.78 Å². The molecule has 0 spiro atoms. The maximum Gasteiger partial charge on any atom is 0.435 e. The predicted octanol–water partition coefficient (Wildman–Crippen LogP) is 5.29. The average Bonchev–Trinajstić information content (AvgIpc) is 3.07. The van der Waals surface area contributed by atoms with E-state index in [1.165, 1.54) is 11.8 Å². The van der Waals surface area contributed by atoms with Gasteiger partial charge >= 0.3 is 6.18 Å². The summed E-state index contributed by atoms with van der Waals surface area (Å²) in [7, 11) is 1.53. The third-order valence-electron chi connectivity index (χ3n) is 3.70. The monoisotopic (exact) mass is 364 g/mol. The van der Waals surface area contributed by atoms with Crippen molar-refractivity contribution >= 4 is 11.8 Å². The summed E-state index contributed by atoms with van der Waals surface area (Å²) in [4.78, 5) is 1.04. The lowest BCUT2D eigenvalue weighted by atomic mass is 10.1. The Morgan fingerprint density at radius 3 is 2.16 bits per heavy atom. The number of ether oxygens (including phenoxy) is 1. The van der Waals surface area contributed by atoms with Crippen molar-refractivity contribution in [2.75, 3.05) is 13.4 Å². The Balaban J connectivity index is 2.12. The van der Waals surface area contributed by atoms with Gasteiger partial charge in [0, 0.05) is 10.5 Å². The van der Waals surface area contributed by atoms with Gasteiger partial charge < -0.3 is 4.74 Å². The summed E-state index contributed by atoms with van der Waals surface area (Å²) in [6, 6.07) is 15.1. The van der Waals surface area contributed by atoms with Crippen molar-refractivity contribution in [2.45, 2.75) is 11.1 Å². The normalized spacial score (nSPS) is 11.6. The zero-order valence-corrected chi connectivity index (χ0v) is 14.4. The standard InChI is InChI=1S/C18H15F3N2OS/c1-24-14-7-5-13(6-8-14)23-16(11-17(22-23)18(19,20)21)12-3-9-15(25-2)10-4-12/h3-11H,1-2H3. The lowest BCUT2D eigenvalue weighted by molar-refractivity contribution is -0.141. The number of methoxy groups -OCH3 is 1. The van der Waals surface area contributed by atoms with Crippen LogP contribution in [0.5, 0.6) is 5.75 Å². The van der Waals surface area contributed by atoms with Gasteiger partial charge in [0.2, 0.25) is 0 Å². The van der Waals surface area contributed by atoms with Gasteiger partial charge in [-0.3, -0.25) is 0 Å². The number of thioether (sulfide) groups is 1. The van der Waals surface area contributed by atoms with Gasteiger partial charge in [0.05, 0.1) is 18.5 Å². The molecule has 1 heterocycles. The molecular weight excluding hydrogens is 349 g/mol. The van der Waals surface area contributed by atoms with Crippen LogP contribution in [0.15, 0.2) is 59.5 Å². The van der Waals surface area contributed by atoms with E-state index in [2.05, 4.69) is 5.10 Å². The number of nitrogens with zero attached hydrogens (tertiary/aromatic N) is 2. The third-order valence-corrected chi connectivity index (χ3v) is 4.45. The molecule has 1 aromatic heterocycles. The molecular formula is C18H15F3N2OS. The molecule has 0 bridgehead atoms. The summed E-state index contributed by atoms with van der Waals surface area (Å²) in [5.74, 6) is 0.623. The van der Waals surface area contributed by atoms with E-state index in [0.717, 1.165) is 11.0 Å². The van der Waals surface area contributed by atoms with Crippen molar-refractivity contribution in [3.8, 4) is 22.7 Å². The molecule has 0 unspecified atom stereocenters. The molecule has 0 atom stereocenters. The lowest BCUT2D eigenvalue weighted by Gasteiger charge is -2.09. The first-order valence-corrected chi connectivity index (χ1v) is 8.61. The van der Waals surface area contributed by atoms with Gasteiger partial charge in [0.15, 0.2) is 5.69 Å². The van der Waals surface area contributed by atoms with Gasteiger partial charge in [-0.25, -0.2) is 4.68 Å². The Morgan fingerprint density at radius 2 is 1.64 bits per heavy atom. The molecule has 130 valence electrons. The predicted molar refractivity (Wildman–Crippen MR) is 92.3 cm³/mol. The van der Waals surface area contributed by atoms with Crippen LogP contribution in [-0.4, -0.2) is 23.1 Å². The molecule has 0 saturated carbocycles. The molecule has 3 nitrogen and oxygen atoms in total. The smallest absolute Gasteiger partial charge is 0.435 e. The second kappa shape index (κ2) is 6.84. The molecule has 3 aromatic rings. The number of halogens is 3. The van der Waals surface area contributed by atoms with Crippen LogP contribution in [0.4, 0.5) is 13.2 Å². The molecule has 0 fully saturated rings. The van der Waals surface area contributed by atoms with Crippen molar-refractivity contribution < 1.29 is 17.9 Å². The van der Waals surface area contributed by atoms with E-state index < -0.39 is 11.9 Å². The molecule has 0 radical (unpaired) electrons. The minimum absolute atomic E-state index is 0.380. The van der Waals surface area contributed by atoms with Gasteiger partial charge in [0.1, 0.15) is 5.75 Å². The quantitative estimate of drug-likeness (QED) is 0.589.